The van der Waals surface area contributed by atoms with Gasteiger partial charge in [0.1, 0.15) is 0 Å². The van der Waals surface area contributed by atoms with Crippen LogP contribution in [0.2, 0.25) is 0 Å². The van der Waals surface area contributed by atoms with Gasteiger partial charge in [-0.25, -0.2) is 0 Å². The molecule has 1 aliphatic rings. The molecule has 1 unspecified atom stereocenters. The molecule has 1 rings (SSSR count). The van der Waals surface area contributed by atoms with Crippen LogP contribution in [-0.2, 0) is 14.3 Å². The molecule has 0 spiro atoms. The summed E-state index contributed by atoms with van der Waals surface area (Å²) in [6, 6.07) is 0. The summed E-state index contributed by atoms with van der Waals surface area (Å²) in [5, 5.41) is 2.91. The Morgan fingerprint density at radius 2 is 2.36 bits per heavy atom. The topological polar surface area (TPSA) is 55.4 Å². The van der Waals surface area contributed by atoms with Crippen molar-refractivity contribution in [2.75, 3.05) is 13.6 Å². The normalized spacial score (nSPS) is 23.9. The van der Waals surface area contributed by atoms with Gasteiger partial charge in [0, 0.05) is 0 Å². The Hall–Kier alpha value is -0.900. The second-order valence-electron chi connectivity index (χ2n) is 2.59. The van der Waals surface area contributed by atoms with Crippen LogP contribution in [0.3, 0.4) is 0 Å². The largest absolute Gasteiger partial charge is 0.393 e. The van der Waals surface area contributed by atoms with Crippen molar-refractivity contribution in [1.82, 2.24) is 5.32 Å². The minimum absolute atomic E-state index is 0.213. The summed E-state index contributed by atoms with van der Waals surface area (Å²) >= 11 is 0. The summed E-state index contributed by atoms with van der Waals surface area (Å²) in [5.41, 5.74) is 0. The van der Waals surface area contributed by atoms with Gasteiger partial charge in [0.2, 0.25) is 0 Å². The summed E-state index contributed by atoms with van der Waals surface area (Å²) < 4.78 is 4.37. The molecular formula is C7H11NO3. The monoisotopic (exact) mass is 157 g/mol. The van der Waals surface area contributed by atoms with Gasteiger partial charge < -0.3 is 10.1 Å². The minimum atomic E-state index is -0.392. The lowest BCUT2D eigenvalue weighted by Crippen LogP contribution is -2.16. The minimum Gasteiger partial charge on any atom is -0.393 e. The van der Waals surface area contributed by atoms with Gasteiger partial charge in [-0.2, -0.15) is 0 Å². The van der Waals surface area contributed by atoms with E-state index < -0.39 is 5.97 Å². The van der Waals surface area contributed by atoms with Crippen molar-refractivity contribution in [1.29, 1.82) is 0 Å². The van der Waals surface area contributed by atoms with E-state index in [1.54, 1.807) is 0 Å². The molecule has 0 amide bonds. The van der Waals surface area contributed by atoms with Gasteiger partial charge in [0.25, 0.3) is 0 Å². The lowest BCUT2D eigenvalue weighted by atomic mass is 10.0. The standard InChI is InChI=1S/C7H11NO3/c1-8-3-2-5-4-6(9)11-7(5)10/h5,8H,2-4H2,1H3. The molecule has 1 heterocycles. The van der Waals surface area contributed by atoms with Crippen LogP contribution in [0.25, 0.3) is 0 Å². The Morgan fingerprint density at radius 3 is 2.82 bits per heavy atom. The molecule has 0 aliphatic carbocycles. The fourth-order valence-corrected chi connectivity index (χ4v) is 1.06. The maximum absolute atomic E-state index is 10.8. The molecule has 0 radical (unpaired) electrons. The van der Waals surface area contributed by atoms with E-state index in [1.165, 1.54) is 0 Å². The number of rotatable bonds is 3. The highest BCUT2D eigenvalue weighted by molar-refractivity contribution is 5.94. The number of nitrogens with one attached hydrogen (secondary N) is 1. The molecule has 4 heteroatoms. The highest BCUT2D eigenvalue weighted by Gasteiger charge is 2.32. The lowest BCUT2D eigenvalue weighted by molar-refractivity contribution is -0.153. The number of carbonyl (C=O) groups excluding carboxylic acids is 2. The second-order valence-corrected chi connectivity index (χ2v) is 2.59. The molecule has 62 valence electrons. The highest BCUT2D eigenvalue weighted by Crippen LogP contribution is 2.18. The van der Waals surface area contributed by atoms with Crippen LogP contribution in [0.15, 0.2) is 0 Å². The Bertz CT molecular complexity index is 179. The molecule has 1 saturated heterocycles. The Kier molecular flexibility index (Phi) is 2.59. The van der Waals surface area contributed by atoms with E-state index in [4.69, 9.17) is 0 Å². The first-order valence-electron chi connectivity index (χ1n) is 3.63. The molecule has 1 N–H and O–H groups in total. The van der Waals surface area contributed by atoms with Crippen molar-refractivity contribution in [3.63, 3.8) is 0 Å². The third-order valence-corrected chi connectivity index (χ3v) is 1.70. The van der Waals surface area contributed by atoms with Crippen LogP contribution in [0.4, 0.5) is 0 Å². The first kappa shape index (κ1) is 8.20. The van der Waals surface area contributed by atoms with E-state index in [0.717, 1.165) is 6.54 Å². The third kappa shape index (κ3) is 2.01. The highest BCUT2D eigenvalue weighted by atomic mass is 16.6. The Labute approximate surface area is 64.9 Å². The number of cyclic esters (lactones) is 2. The van der Waals surface area contributed by atoms with Gasteiger partial charge in [0.05, 0.1) is 12.3 Å². The van der Waals surface area contributed by atoms with Crippen molar-refractivity contribution in [3.8, 4) is 0 Å². The average molecular weight is 157 g/mol. The lowest BCUT2D eigenvalue weighted by Gasteiger charge is -2.01. The predicted octanol–water partition coefficient (Wildman–Crippen LogP) is -0.314. The Morgan fingerprint density at radius 1 is 1.64 bits per heavy atom. The molecule has 11 heavy (non-hydrogen) atoms. The molecule has 0 aromatic carbocycles. The number of ether oxygens (including phenoxy) is 1. The van der Waals surface area contributed by atoms with Crippen molar-refractivity contribution in [3.05, 3.63) is 0 Å². The number of hydrogen-bond acceptors (Lipinski definition) is 4. The van der Waals surface area contributed by atoms with Gasteiger partial charge in [-0.05, 0) is 20.0 Å². The molecule has 1 aliphatic heterocycles. The summed E-state index contributed by atoms with van der Waals surface area (Å²) in [5.74, 6) is -0.976. The van der Waals surface area contributed by atoms with Crippen LogP contribution < -0.4 is 5.32 Å². The number of carbonyl (C=O) groups is 2. The molecule has 0 aromatic heterocycles. The van der Waals surface area contributed by atoms with Gasteiger partial charge in [0.15, 0.2) is 0 Å². The summed E-state index contributed by atoms with van der Waals surface area (Å²) in [6.07, 6.45) is 0.932. The van der Waals surface area contributed by atoms with Crippen LogP contribution >= 0.6 is 0 Å². The van der Waals surface area contributed by atoms with Crippen molar-refractivity contribution < 1.29 is 14.3 Å². The van der Waals surface area contributed by atoms with Crippen LogP contribution in [0.5, 0.6) is 0 Å². The molecule has 1 atom stereocenters. The van der Waals surface area contributed by atoms with Crippen molar-refractivity contribution in [2.24, 2.45) is 5.92 Å². The molecule has 0 bridgehead atoms. The quantitative estimate of drug-likeness (QED) is 0.451. The van der Waals surface area contributed by atoms with E-state index in [9.17, 15) is 9.59 Å². The molecule has 4 nitrogen and oxygen atoms in total. The first-order chi connectivity index (χ1) is 5.24. The predicted molar refractivity (Wildman–Crippen MR) is 37.7 cm³/mol. The second kappa shape index (κ2) is 3.48. The summed E-state index contributed by atoms with van der Waals surface area (Å²) in [6.45, 7) is 0.743. The Balaban J connectivity index is 2.34. The van der Waals surface area contributed by atoms with Gasteiger partial charge in [-0.1, -0.05) is 0 Å². The maximum atomic E-state index is 10.8. The van der Waals surface area contributed by atoms with Crippen LogP contribution in [0, 0.1) is 5.92 Å². The van der Waals surface area contributed by atoms with Crippen LogP contribution in [0.1, 0.15) is 12.8 Å². The zero-order valence-electron chi connectivity index (χ0n) is 6.42. The molecular weight excluding hydrogens is 146 g/mol. The van der Waals surface area contributed by atoms with E-state index >= 15 is 0 Å². The van der Waals surface area contributed by atoms with Gasteiger partial charge in [-0.3, -0.25) is 9.59 Å². The fourth-order valence-electron chi connectivity index (χ4n) is 1.06. The fraction of sp³-hybridized carbons (Fsp3) is 0.714. The summed E-state index contributed by atoms with van der Waals surface area (Å²) in [4.78, 5) is 21.4. The van der Waals surface area contributed by atoms with Gasteiger partial charge >= 0.3 is 11.9 Å². The van der Waals surface area contributed by atoms with Crippen LogP contribution in [-0.4, -0.2) is 25.5 Å². The van der Waals surface area contributed by atoms with E-state index in [1.807, 2.05) is 7.05 Å². The SMILES string of the molecule is CNCCC1CC(=O)OC1=O. The third-order valence-electron chi connectivity index (χ3n) is 1.70. The van der Waals surface area contributed by atoms with Crippen molar-refractivity contribution >= 4 is 11.9 Å². The smallest absolute Gasteiger partial charge is 0.317 e. The van der Waals surface area contributed by atoms with Crippen molar-refractivity contribution in [2.45, 2.75) is 12.8 Å². The van der Waals surface area contributed by atoms with E-state index in [2.05, 4.69) is 10.1 Å². The molecule has 0 aromatic rings. The number of hydrogen-bond donors (Lipinski definition) is 1. The number of esters is 2. The zero-order chi connectivity index (χ0) is 8.27. The molecule has 0 saturated carbocycles. The zero-order valence-corrected chi connectivity index (χ0v) is 6.42. The summed E-state index contributed by atoms with van der Waals surface area (Å²) in [7, 11) is 1.81. The van der Waals surface area contributed by atoms with E-state index in [0.29, 0.717) is 6.42 Å². The maximum Gasteiger partial charge on any atom is 0.317 e. The average Bonchev–Trinajstić information content (AvgIpc) is 2.26. The molecule has 1 fully saturated rings. The van der Waals surface area contributed by atoms with E-state index in [-0.39, 0.29) is 18.3 Å². The van der Waals surface area contributed by atoms with Gasteiger partial charge in [-0.15, -0.1) is 0 Å². The first-order valence-corrected chi connectivity index (χ1v) is 3.63.